The molecular weight excluding hydrogens is 393 g/mol. The molecule has 2 amide bonds. The third-order valence-corrected chi connectivity index (χ3v) is 5.89. The number of piperidine rings is 1. The molecule has 29 heavy (non-hydrogen) atoms. The van der Waals surface area contributed by atoms with Gasteiger partial charge in [-0.3, -0.25) is 14.5 Å². The first-order chi connectivity index (χ1) is 14.0. The molecule has 0 spiro atoms. The van der Waals surface area contributed by atoms with Gasteiger partial charge in [0.05, 0.1) is 5.02 Å². The topological polar surface area (TPSA) is 61.4 Å². The largest absolute Gasteiger partial charge is 0.349 e. The zero-order chi connectivity index (χ0) is 20.4. The number of rotatable bonds is 4. The van der Waals surface area contributed by atoms with E-state index in [1.807, 2.05) is 0 Å². The van der Waals surface area contributed by atoms with Gasteiger partial charge in [0.1, 0.15) is 5.82 Å². The summed E-state index contributed by atoms with van der Waals surface area (Å²) in [7, 11) is 0. The fraction of sp³-hybridized carbons (Fsp3) is 0.364. The minimum Gasteiger partial charge on any atom is -0.349 e. The van der Waals surface area contributed by atoms with Crippen molar-refractivity contribution in [2.75, 3.05) is 18.4 Å². The molecule has 1 saturated heterocycles. The van der Waals surface area contributed by atoms with Crippen molar-refractivity contribution in [2.24, 2.45) is 0 Å². The van der Waals surface area contributed by atoms with E-state index in [0.29, 0.717) is 6.42 Å². The van der Waals surface area contributed by atoms with Crippen molar-refractivity contribution in [2.45, 2.75) is 38.3 Å². The van der Waals surface area contributed by atoms with Crippen LogP contribution in [0, 0.1) is 5.82 Å². The van der Waals surface area contributed by atoms with Gasteiger partial charge in [0.2, 0.25) is 5.91 Å². The lowest BCUT2D eigenvalue weighted by molar-refractivity contribution is -0.116. The van der Waals surface area contributed by atoms with E-state index in [9.17, 15) is 14.0 Å². The summed E-state index contributed by atoms with van der Waals surface area (Å²) < 4.78 is 13.6. The lowest BCUT2D eigenvalue weighted by Gasteiger charge is -2.32. The maximum atomic E-state index is 13.6. The average molecular weight is 416 g/mol. The van der Waals surface area contributed by atoms with Gasteiger partial charge in [-0.25, -0.2) is 4.39 Å². The molecule has 4 rings (SSSR count). The summed E-state index contributed by atoms with van der Waals surface area (Å²) in [4.78, 5) is 26.3. The molecule has 2 aliphatic heterocycles. The predicted molar refractivity (Wildman–Crippen MR) is 111 cm³/mol. The molecular formula is C22H23ClFN3O2. The molecule has 1 fully saturated rings. The van der Waals surface area contributed by atoms with Crippen LogP contribution >= 0.6 is 11.6 Å². The first kappa shape index (κ1) is 19.9. The molecule has 2 aliphatic rings. The molecule has 0 atom stereocenters. The maximum absolute atomic E-state index is 13.6. The Bertz CT molecular complexity index is 942. The number of nitrogens with zero attached hydrogens (tertiary/aromatic N) is 1. The van der Waals surface area contributed by atoms with Crippen molar-refractivity contribution in [3.63, 3.8) is 0 Å². The summed E-state index contributed by atoms with van der Waals surface area (Å²) in [6.45, 7) is 2.54. The molecule has 2 N–H and O–H groups in total. The van der Waals surface area contributed by atoms with E-state index in [2.05, 4.69) is 33.7 Å². The van der Waals surface area contributed by atoms with Gasteiger partial charge in [0.15, 0.2) is 0 Å². The second-order valence-electron chi connectivity index (χ2n) is 7.69. The van der Waals surface area contributed by atoms with E-state index in [4.69, 9.17) is 11.6 Å². The predicted octanol–water partition coefficient (Wildman–Crippen LogP) is 3.76. The van der Waals surface area contributed by atoms with E-state index < -0.39 is 5.82 Å². The van der Waals surface area contributed by atoms with Gasteiger partial charge in [-0.05, 0) is 54.7 Å². The normalized spacial score (nSPS) is 17.5. The van der Waals surface area contributed by atoms with E-state index >= 15 is 0 Å². The highest BCUT2D eigenvalue weighted by Gasteiger charge is 2.22. The first-order valence-electron chi connectivity index (χ1n) is 9.88. The molecule has 2 aromatic carbocycles. The maximum Gasteiger partial charge on any atom is 0.251 e. The molecule has 2 heterocycles. The minimum atomic E-state index is -0.588. The van der Waals surface area contributed by atoms with Crippen LogP contribution in [0.2, 0.25) is 5.02 Å². The van der Waals surface area contributed by atoms with Crippen molar-refractivity contribution < 1.29 is 14.0 Å². The number of halogens is 2. The molecule has 0 saturated carbocycles. The minimum absolute atomic E-state index is 0.0107. The molecule has 152 valence electrons. The third-order valence-electron chi connectivity index (χ3n) is 5.58. The Morgan fingerprint density at radius 1 is 1.17 bits per heavy atom. The van der Waals surface area contributed by atoms with Gasteiger partial charge in [-0.15, -0.1) is 0 Å². The fourth-order valence-corrected chi connectivity index (χ4v) is 4.03. The van der Waals surface area contributed by atoms with E-state index in [0.717, 1.165) is 44.6 Å². The van der Waals surface area contributed by atoms with Crippen molar-refractivity contribution in [1.82, 2.24) is 10.2 Å². The Kier molecular flexibility index (Phi) is 5.83. The molecule has 5 nitrogen and oxygen atoms in total. The number of benzene rings is 2. The zero-order valence-electron chi connectivity index (χ0n) is 16.0. The molecule has 2 aromatic rings. The van der Waals surface area contributed by atoms with Gasteiger partial charge in [-0.2, -0.15) is 0 Å². The van der Waals surface area contributed by atoms with E-state index in [1.54, 1.807) is 0 Å². The van der Waals surface area contributed by atoms with Crippen LogP contribution < -0.4 is 10.6 Å². The van der Waals surface area contributed by atoms with Crippen LogP contribution in [0.5, 0.6) is 0 Å². The van der Waals surface area contributed by atoms with Crippen molar-refractivity contribution >= 4 is 29.1 Å². The van der Waals surface area contributed by atoms with Crippen LogP contribution in [0.15, 0.2) is 36.4 Å². The van der Waals surface area contributed by atoms with Crippen LogP contribution in [0.25, 0.3) is 0 Å². The Balaban J connectivity index is 1.29. The highest BCUT2D eigenvalue weighted by molar-refractivity contribution is 6.30. The van der Waals surface area contributed by atoms with Crippen molar-refractivity contribution in [1.29, 1.82) is 0 Å². The SMILES string of the molecule is O=C1CCc2ccc(CN3CCC(NC(=O)c4ccc(Cl)c(F)c4)CC3)cc2N1. The van der Waals surface area contributed by atoms with Crippen LogP contribution in [0.4, 0.5) is 10.1 Å². The highest BCUT2D eigenvalue weighted by atomic mass is 35.5. The van der Waals surface area contributed by atoms with Gasteiger partial charge in [0.25, 0.3) is 5.91 Å². The van der Waals surface area contributed by atoms with Gasteiger partial charge in [0, 0.05) is 43.3 Å². The number of hydrogen-bond donors (Lipinski definition) is 2. The average Bonchev–Trinajstić information content (AvgIpc) is 2.71. The number of carbonyl (C=O) groups excluding carboxylic acids is 2. The highest BCUT2D eigenvalue weighted by Crippen LogP contribution is 2.25. The summed E-state index contributed by atoms with van der Waals surface area (Å²) in [5.74, 6) is -0.786. The standard InChI is InChI=1S/C22H23ClFN3O2/c23-18-5-3-16(12-19(18)24)22(29)25-17-7-9-27(10-8-17)13-14-1-2-15-4-6-21(28)26-20(15)11-14/h1-3,5,11-12,17H,4,6-10,13H2,(H,25,29)(H,26,28). The number of hydrogen-bond acceptors (Lipinski definition) is 3. The number of nitrogens with one attached hydrogen (secondary N) is 2. The number of anilines is 1. The Labute approximate surface area is 174 Å². The van der Waals surface area contributed by atoms with Crippen molar-refractivity contribution in [3.05, 3.63) is 63.9 Å². The monoisotopic (exact) mass is 415 g/mol. The Morgan fingerprint density at radius 3 is 2.72 bits per heavy atom. The second-order valence-corrected chi connectivity index (χ2v) is 8.10. The summed E-state index contributed by atoms with van der Waals surface area (Å²) >= 11 is 5.67. The van der Waals surface area contributed by atoms with Crippen LogP contribution in [0.1, 0.15) is 40.7 Å². The first-order valence-corrected chi connectivity index (χ1v) is 10.3. The summed E-state index contributed by atoms with van der Waals surface area (Å²) in [5.41, 5.74) is 3.57. The molecule has 7 heteroatoms. The number of amides is 2. The lowest BCUT2D eigenvalue weighted by atomic mass is 9.99. The van der Waals surface area contributed by atoms with E-state index in [1.165, 1.54) is 29.3 Å². The van der Waals surface area contributed by atoms with Gasteiger partial charge in [-0.1, -0.05) is 23.7 Å². The Hall–Kier alpha value is -2.44. The van der Waals surface area contributed by atoms with Crippen LogP contribution in [-0.4, -0.2) is 35.8 Å². The van der Waals surface area contributed by atoms with E-state index in [-0.39, 0.29) is 28.4 Å². The van der Waals surface area contributed by atoms with Gasteiger partial charge >= 0.3 is 0 Å². The second kappa shape index (κ2) is 8.51. The summed E-state index contributed by atoms with van der Waals surface area (Å²) in [6.07, 6.45) is 3.02. The third kappa shape index (κ3) is 4.77. The van der Waals surface area contributed by atoms with Crippen LogP contribution in [0.3, 0.4) is 0 Å². The number of likely N-dealkylation sites (tertiary alicyclic amines) is 1. The van der Waals surface area contributed by atoms with Crippen molar-refractivity contribution in [3.8, 4) is 0 Å². The quantitative estimate of drug-likeness (QED) is 0.799. The number of carbonyl (C=O) groups is 2. The molecule has 0 aliphatic carbocycles. The lowest BCUT2D eigenvalue weighted by Crippen LogP contribution is -2.44. The summed E-state index contributed by atoms with van der Waals surface area (Å²) in [6, 6.07) is 10.5. The van der Waals surface area contributed by atoms with Gasteiger partial charge < -0.3 is 10.6 Å². The Morgan fingerprint density at radius 2 is 1.97 bits per heavy atom. The molecule has 0 unspecified atom stereocenters. The number of aryl methyl sites for hydroxylation is 1. The smallest absolute Gasteiger partial charge is 0.251 e. The summed E-state index contributed by atoms with van der Waals surface area (Å²) in [5, 5.41) is 5.95. The fourth-order valence-electron chi connectivity index (χ4n) is 3.92. The van der Waals surface area contributed by atoms with Crippen LogP contribution in [-0.2, 0) is 17.8 Å². The molecule has 0 bridgehead atoms. The molecule has 0 radical (unpaired) electrons. The molecule has 0 aromatic heterocycles. The number of fused-ring (bicyclic) bond motifs is 1. The zero-order valence-corrected chi connectivity index (χ0v) is 16.8.